The molecule has 4 rings (SSSR count). The van der Waals surface area contributed by atoms with Gasteiger partial charge in [0.05, 0.1) is 13.2 Å². The summed E-state index contributed by atoms with van der Waals surface area (Å²) in [5.74, 6) is 2.44. The van der Waals surface area contributed by atoms with Crippen molar-refractivity contribution in [3.63, 3.8) is 0 Å². The van der Waals surface area contributed by atoms with Crippen LogP contribution in [0.4, 0.5) is 0 Å². The van der Waals surface area contributed by atoms with Gasteiger partial charge in [0.15, 0.2) is 14.1 Å². The molecule has 0 amide bonds. The summed E-state index contributed by atoms with van der Waals surface area (Å²) in [5.41, 5.74) is 2.28. The van der Waals surface area contributed by atoms with Gasteiger partial charge in [-0.25, -0.2) is 0 Å². The third-order valence-electron chi connectivity index (χ3n) is 9.64. The van der Waals surface area contributed by atoms with Crippen LogP contribution in [0.3, 0.4) is 0 Å². The van der Waals surface area contributed by atoms with Gasteiger partial charge < -0.3 is 9.16 Å². The Hall–Kier alpha value is -1.39. The molecule has 0 bridgehead atoms. The number of carbonyl (C=O) groups excluding carboxylic acids is 1. The Balaban J connectivity index is 1.71. The van der Waals surface area contributed by atoms with Gasteiger partial charge >= 0.3 is 0 Å². The number of hydrogen-bond acceptors (Lipinski definition) is 3. The summed E-state index contributed by atoms with van der Waals surface area (Å²) in [6.45, 7) is 18.2. The lowest BCUT2D eigenvalue weighted by Crippen LogP contribution is -2.52. The summed E-state index contributed by atoms with van der Waals surface area (Å²) in [6, 6.07) is 6.16. The van der Waals surface area contributed by atoms with Crippen LogP contribution in [0.1, 0.15) is 81.6 Å². The van der Waals surface area contributed by atoms with E-state index < -0.39 is 8.32 Å². The van der Waals surface area contributed by atoms with Crippen LogP contribution in [0.15, 0.2) is 30.9 Å². The van der Waals surface area contributed by atoms with Crippen LogP contribution in [-0.2, 0) is 4.43 Å². The number of rotatable bonds is 5. The smallest absolute Gasteiger partial charge is 0.192 e. The van der Waals surface area contributed by atoms with Gasteiger partial charge in [-0.15, -0.1) is 6.58 Å². The van der Waals surface area contributed by atoms with E-state index >= 15 is 0 Å². The first-order valence-corrected chi connectivity index (χ1v) is 15.4. The SMILES string of the molecule is C=CC[C@@H]1C(=O)c2cc(OC)ccc2[C@H]2CC[C@]3(C)[C@@H](O[Si](C)(C)C(C)(C)C)CC[C@H]3[C@H]12. The van der Waals surface area contributed by atoms with Crippen LogP contribution in [-0.4, -0.2) is 27.3 Å². The molecule has 4 heteroatoms. The zero-order chi connectivity index (χ0) is 23.5. The van der Waals surface area contributed by atoms with Crippen LogP contribution in [0, 0.1) is 23.2 Å². The second kappa shape index (κ2) is 8.13. The fourth-order valence-electron chi connectivity index (χ4n) is 6.81. The zero-order valence-corrected chi connectivity index (χ0v) is 22.2. The fraction of sp³-hybridized carbons (Fsp3) is 0.679. The molecular weight excluding hydrogens is 412 g/mol. The van der Waals surface area contributed by atoms with Crippen molar-refractivity contribution in [3.05, 3.63) is 42.0 Å². The molecule has 0 N–H and O–H groups in total. The van der Waals surface area contributed by atoms with Crippen molar-refractivity contribution in [2.24, 2.45) is 23.2 Å². The second-order valence-electron chi connectivity index (χ2n) is 12.2. The van der Waals surface area contributed by atoms with Crippen molar-refractivity contribution >= 4 is 14.1 Å². The molecule has 3 nitrogen and oxygen atoms in total. The minimum absolute atomic E-state index is 0.0216. The van der Waals surface area contributed by atoms with Crippen molar-refractivity contribution in [2.45, 2.75) is 90.0 Å². The van der Waals surface area contributed by atoms with Gasteiger partial charge in [-0.1, -0.05) is 39.8 Å². The van der Waals surface area contributed by atoms with E-state index in [1.54, 1.807) is 7.11 Å². The zero-order valence-electron chi connectivity index (χ0n) is 21.2. The first kappa shape index (κ1) is 23.8. The third kappa shape index (κ3) is 3.62. The van der Waals surface area contributed by atoms with Gasteiger partial charge in [-0.05, 0) is 91.1 Å². The van der Waals surface area contributed by atoms with E-state index in [9.17, 15) is 4.79 Å². The maximum atomic E-state index is 13.7. The minimum Gasteiger partial charge on any atom is -0.497 e. The van der Waals surface area contributed by atoms with Crippen LogP contribution < -0.4 is 4.74 Å². The van der Waals surface area contributed by atoms with Crippen molar-refractivity contribution in [2.75, 3.05) is 7.11 Å². The highest BCUT2D eigenvalue weighted by Crippen LogP contribution is 2.64. The van der Waals surface area contributed by atoms with Gasteiger partial charge in [-0.3, -0.25) is 4.79 Å². The van der Waals surface area contributed by atoms with E-state index in [1.165, 1.54) is 18.4 Å². The molecule has 0 aromatic heterocycles. The number of carbonyl (C=O) groups is 1. The highest BCUT2D eigenvalue weighted by Gasteiger charge is 2.59. The third-order valence-corrected chi connectivity index (χ3v) is 14.1. The summed E-state index contributed by atoms with van der Waals surface area (Å²) in [7, 11) is -0.175. The van der Waals surface area contributed by atoms with E-state index in [4.69, 9.17) is 9.16 Å². The van der Waals surface area contributed by atoms with Gasteiger partial charge in [0.2, 0.25) is 0 Å². The van der Waals surface area contributed by atoms with Crippen LogP contribution >= 0.6 is 0 Å². The molecule has 176 valence electrons. The summed E-state index contributed by atoms with van der Waals surface area (Å²) < 4.78 is 12.5. The molecule has 2 saturated carbocycles. The summed E-state index contributed by atoms with van der Waals surface area (Å²) >= 11 is 0. The van der Waals surface area contributed by atoms with Crippen molar-refractivity contribution in [3.8, 4) is 5.75 Å². The largest absolute Gasteiger partial charge is 0.497 e. The summed E-state index contributed by atoms with van der Waals surface area (Å²) in [6.07, 6.45) is 7.64. The average molecular weight is 455 g/mol. The molecular formula is C28H42O3Si. The number of ether oxygens (including phenoxy) is 1. The number of benzene rings is 1. The molecule has 32 heavy (non-hydrogen) atoms. The summed E-state index contributed by atoms with van der Waals surface area (Å²) in [4.78, 5) is 13.7. The van der Waals surface area contributed by atoms with Crippen molar-refractivity contribution in [1.29, 1.82) is 0 Å². The van der Waals surface area contributed by atoms with Crippen LogP contribution in [0.5, 0.6) is 5.75 Å². The molecule has 1 aromatic rings. The molecule has 2 fully saturated rings. The number of ketones is 1. The Kier molecular flexibility index (Phi) is 6.03. The van der Waals surface area contributed by atoms with Crippen molar-refractivity contribution < 1.29 is 14.0 Å². The van der Waals surface area contributed by atoms with E-state index in [-0.39, 0.29) is 22.2 Å². The average Bonchev–Trinajstić information content (AvgIpc) is 3.05. The maximum absolute atomic E-state index is 13.7. The molecule has 0 unspecified atom stereocenters. The van der Waals surface area contributed by atoms with E-state index in [2.05, 4.69) is 53.4 Å². The Labute approximate surface area is 196 Å². The molecule has 6 atom stereocenters. The van der Waals surface area contributed by atoms with E-state index in [0.717, 1.165) is 30.6 Å². The van der Waals surface area contributed by atoms with Gasteiger partial charge in [-0.2, -0.15) is 0 Å². The fourth-order valence-corrected chi connectivity index (χ4v) is 8.27. The monoisotopic (exact) mass is 454 g/mol. The van der Waals surface area contributed by atoms with E-state index in [1.807, 2.05) is 18.2 Å². The lowest BCUT2D eigenvalue weighted by molar-refractivity contribution is -0.0282. The minimum atomic E-state index is -1.85. The van der Waals surface area contributed by atoms with Crippen LogP contribution in [0.2, 0.25) is 18.1 Å². The predicted octanol–water partition coefficient (Wildman–Crippen LogP) is 7.38. The lowest BCUT2D eigenvalue weighted by Gasteiger charge is -2.54. The molecule has 1 aromatic carbocycles. The first-order valence-electron chi connectivity index (χ1n) is 12.5. The Bertz CT molecular complexity index is 898. The molecule has 0 spiro atoms. The standard InChI is InChI=1S/C28H42O3Si/c1-9-10-21-25-20(19-12-11-18(30-6)17-22(19)26(21)29)15-16-28(5)23(25)13-14-24(28)31-32(7,8)27(2,3)4/h9,11-12,17,20-21,23-25H,1,10,13-16H2,2-8H3/t20-,21+,23+,24+,25+,28+/m1/s1. The Morgan fingerprint density at radius 3 is 2.56 bits per heavy atom. The normalized spacial score (nSPS) is 34.5. The molecule has 0 saturated heterocycles. The van der Waals surface area contributed by atoms with Crippen molar-refractivity contribution in [1.82, 2.24) is 0 Å². The van der Waals surface area contributed by atoms with Crippen LogP contribution in [0.25, 0.3) is 0 Å². The number of fused-ring (bicyclic) bond motifs is 5. The molecule has 3 aliphatic rings. The van der Waals surface area contributed by atoms with Gasteiger partial charge in [0.25, 0.3) is 0 Å². The molecule has 0 radical (unpaired) electrons. The first-order chi connectivity index (χ1) is 14.9. The molecule has 3 aliphatic carbocycles. The Morgan fingerprint density at radius 2 is 1.94 bits per heavy atom. The van der Waals surface area contributed by atoms with Gasteiger partial charge in [0.1, 0.15) is 5.75 Å². The highest BCUT2D eigenvalue weighted by atomic mass is 28.4. The lowest BCUT2D eigenvalue weighted by atomic mass is 9.52. The second-order valence-corrected chi connectivity index (χ2v) is 17.0. The summed E-state index contributed by atoms with van der Waals surface area (Å²) in [5, 5.41) is 0.211. The maximum Gasteiger partial charge on any atom is 0.192 e. The predicted molar refractivity (Wildman–Crippen MR) is 134 cm³/mol. The van der Waals surface area contributed by atoms with E-state index in [0.29, 0.717) is 23.9 Å². The molecule has 0 heterocycles. The topological polar surface area (TPSA) is 35.5 Å². The number of hydrogen-bond donors (Lipinski definition) is 0. The number of allylic oxidation sites excluding steroid dienone is 1. The Morgan fingerprint density at radius 1 is 1.22 bits per heavy atom. The number of Topliss-reactive ketones (excluding diaryl/α,β-unsaturated/α-hetero) is 1. The quantitative estimate of drug-likeness (QED) is 0.344. The highest BCUT2D eigenvalue weighted by molar-refractivity contribution is 6.74. The molecule has 0 aliphatic heterocycles. The van der Waals surface area contributed by atoms with Gasteiger partial charge in [0, 0.05) is 11.5 Å². The number of methoxy groups -OCH3 is 1.